The molecule has 0 amide bonds. The van der Waals surface area contributed by atoms with Crippen molar-refractivity contribution in [1.82, 2.24) is 9.97 Å². The summed E-state index contributed by atoms with van der Waals surface area (Å²) in [5.41, 5.74) is 2.60. The highest BCUT2D eigenvalue weighted by atomic mass is 35.5. The van der Waals surface area contributed by atoms with Crippen LogP contribution >= 0.6 is 11.6 Å². The molecule has 0 radical (unpaired) electrons. The van der Waals surface area contributed by atoms with E-state index >= 15 is 0 Å². The third kappa shape index (κ3) is 3.06. The monoisotopic (exact) mass is 380 g/mol. The van der Waals surface area contributed by atoms with Crippen LogP contribution in [0.2, 0.25) is 5.02 Å². The highest BCUT2D eigenvalue weighted by Crippen LogP contribution is 2.29. The lowest BCUT2D eigenvalue weighted by Gasteiger charge is -2.06. The lowest BCUT2D eigenvalue weighted by molar-refractivity contribution is 0.103. The minimum absolute atomic E-state index is 0.0284. The first-order valence-corrected chi connectivity index (χ1v) is 8.56. The third-order valence-electron chi connectivity index (χ3n) is 4.38. The zero-order chi connectivity index (χ0) is 19.0. The second-order valence-electron chi connectivity index (χ2n) is 5.98. The van der Waals surface area contributed by atoms with Crippen LogP contribution in [0.4, 0.5) is 4.39 Å². The topological polar surface area (TPSA) is 55.0 Å². The average molecular weight is 381 g/mol. The highest BCUT2D eigenvalue weighted by Gasteiger charge is 2.20. The number of fused-ring (bicyclic) bond motifs is 1. The average Bonchev–Trinajstić information content (AvgIpc) is 3.11. The number of carbonyl (C=O) groups excluding carboxylic acids is 1. The summed E-state index contributed by atoms with van der Waals surface area (Å²) < 4.78 is 19.5. The molecule has 4 nitrogen and oxygen atoms in total. The fraction of sp³-hybridized carbons (Fsp3) is 0.0476. The Morgan fingerprint density at radius 2 is 1.89 bits per heavy atom. The Hall–Kier alpha value is -3.18. The first kappa shape index (κ1) is 17.2. The van der Waals surface area contributed by atoms with Crippen molar-refractivity contribution in [3.8, 4) is 16.9 Å². The molecule has 2 heterocycles. The smallest absolute Gasteiger partial charge is 0.198 e. The third-order valence-corrected chi connectivity index (χ3v) is 4.63. The number of benzene rings is 2. The van der Waals surface area contributed by atoms with Crippen molar-refractivity contribution in [2.45, 2.75) is 0 Å². The number of pyridine rings is 1. The van der Waals surface area contributed by atoms with Crippen molar-refractivity contribution in [2.24, 2.45) is 0 Å². The van der Waals surface area contributed by atoms with Crippen molar-refractivity contribution in [2.75, 3.05) is 7.11 Å². The second kappa shape index (κ2) is 6.85. The summed E-state index contributed by atoms with van der Waals surface area (Å²) in [6, 6.07) is 13.7. The zero-order valence-electron chi connectivity index (χ0n) is 14.3. The molecule has 0 atom stereocenters. The van der Waals surface area contributed by atoms with Gasteiger partial charge in [0, 0.05) is 33.9 Å². The molecule has 0 spiro atoms. The van der Waals surface area contributed by atoms with E-state index in [1.807, 2.05) is 18.2 Å². The molecule has 0 aliphatic heterocycles. The van der Waals surface area contributed by atoms with Gasteiger partial charge in [0.25, 0.3) is 0 Å². The first-order chi connectivity index (χ1) is 13.1. The Morgan fingerprint density at radius 1 is 1.11 bits per heavy atom. The molecular weight excluding hydrogens is 367 g/mol. The summed E-state index contributed by atoms with van der Waals surface area (Å²) in [7, 11) is 1.36. The minimum Gasteiger partial charge on any atom is -0.494 e. The maximum atomic E-state index is 14.5. The summed E-state index contributed by atoms with van der Waals surface area (Å²) in [5.74, 6) is -1.09. The number of ketones is 1. The normalized spacial score (nSPS) is 10.9. The Bertz CT molecular complexity index is 1150. The quantitative estimate of drug-likeness (QED) is 0.491. The first-order valence-electron chi connectivity index (χ1n) is 8.19. The molecule has 4 aromatic rings. The van der Waals surface area contributed by atoms with E-state index in [1.165, 1.54) is 19.2 Å². The van der Waals surface area contributed by atoms with Gasteiger partial charge in [-0.3, -0.25) is 4.79 Å². The van der Waals surface area contributed by atoms with E-state index in [0.29, 0.717) is 21.6 Å². The Morgan fingerprint density at radius 3 is 2.63 bits per heavy atom. The SMILES string of the molecule is COc1cccc(C(=O)c2c[nH]c3ncc(-c4ccc(Cl)cc4)cc23)c1F. The van der Waals surface area contributed by atoms with Gasteiger partial charge in [0.1, 0.15) is 5.65 Å². The van der Waals surface area contributed by atoms with Gasteiger partial charge < -0.3 is 9.72 Å². The van der Waals surface area contributed by atoms with Crippen LogP contribution in [0.5, 0.6) is 5.75 Å². The molecule has 1 N–H and O–H groups in total. The van der Waals surface area contributed by atoms with Crippen LogP contribution in [0.25, 0.3) is 22.2 Å². The summed E-state index contributed by atoms with van der Waals surface area (Å²) in [6.07, 6.45) is 3.26. The van der Waals surface area contributed by atoms with Crippen LogP contribution in [0, 0.1) is 5.82 Å². The molecule has 0 unspecified atom stereocenters. The van der Waals surface area contributed by atoms with E-state index in [2.05, 4.69) is 9.97 Å². The van der Waals surface area contributed by atoms with Crippen LogP contribution < -0.4 is 4.74 Å². The Balaban J connectivity index is 1.82. The van der Waals surface area contributed by atoms with Crippen LogP contribution in [0.15, 0.2) is 60.9 Å². The number of hydrogen-bond donors (Lipinski definition) is 1. The maximum Gasteiger partial charge on any atom is 0.198 e. The molecule has 0 aliphatic rings. The largest absolute Gasteiger partial charge is 0.494 e. The molecule has 0 fully saturated rings. The number of nitrogens with one attached hydrogen (secondary N) is 1. The number of nitrogens with zero attached hydrogens (tertiary/aromatic N) is 1. The molecular formula is C21H14ClFN2O2. The van der Waals surface area contributed by atoms with Gasteiger partial charge in [-0.2, -0.15) is 0 Å². The number of aromatic nitrogens is 2. The van der Waals surface area contributed by atoms with E-state index in [0.717, 1.165) is 11.1 Å². The summed E-state index contributed by atoms with van der Waals surface area (Å²) in [6.45, 7) is 0. The zero-order valence-corrected chi connectivity index (χ0v) is 15.0. The van der Waals surface area contributed by atoms with Crippen LogP contribution in [0.1, 0.15) is 15.9 Å². The van der Waals surface area contributed by atoms with E-state index < -0.39 is 11.6 Å². The summed E-state index contributed by atoms with van der Waals surface area (Å²) in [4.78, 5) is 20.3. The maximum absolute atomic E-state index is 14.5. The molecule has 27 heavy (non-hydrogen) atoms. The van der Waals surface area contributed by atoms with Crippen molar-refractivity contribution in [3.05, 3.63) is 82.9 Å². The van der Waals surface area contributed by atoms with Gasteiger partial charge in [-0.05, 0) is 35.9 Å². The van der Waals surface area contributed by atoms with Crippen molar-refractivity contribution in [3.63, 3.8) is 0 Å². The highest BCUT2D eigenvalue weighted by molar-refractivity contribution is 6.30. The summed E-state index contributed by atoms with van der Waals surface area (Å²) >= 11 is 5.94. The van der Waals surface area contributed by atoms with Crippen molar-refractivity contribution >= 4 is 28.4 Å². The van der Waals surface area contributed by atoms with Gasteiger partial charge in [0.05, 0.1) is 12.7 Å². The molecule has 2 aromatic carbocycles. The van der Waals surface area contributed by atoms with Crippen LogP contribution in [-0.4, -0.2) is 22.9 Å². The van der Waals surface area contributed by atoms with Gasteiger partial charge in [-0.1, -0.05) is 29.8 Å². The van der Waals surface area contributed by atoms with E-state index in [1.54, 1.807) is 30.6 Å². The lowest BCUT2D eigenvalue weighted by atomic mass is 10.0. The standard InChI is InChI=1S/C21H14ClFN2O2/c1-27-18-4-2-3-15(19(18)23)20(26)17-11-25-21-16(17)9-13(10-24-21)12-5-7-14(22)8-6-12/h2-11H,1H3,(H,24,25). The predicted molar refractivity (Wildman–Crippen MR) is 103 cm³/mol. The molecule has 0 saturated carbocycles. The number of halogens is 2. The second-order valence-corrected chi connectivity index (χ2v) is 6.42. The van der Waals surface area contributed by atoms with Gasteiger partial charge >= 0.3 is 0 Å². The molecule has 6 heteroatoms. The Kier molecular flexibility index (Phi) is 4.38. The number of H-pyrrole nitrogens is 1. The fourth-order valence-electron chi connectivity index (χ4n) is 2.98. The van der Waals surface area contributed by atoms with Gasteiger partial charge in [-0.15, -0.1) is 0 Å². The van der Waals surface area contributed by atoms with Gasteiger partial charge in [0.2, 0.25) is 0 Å². The number of methoxy groups -OCH3 is 1. The van der Waals surface area contributed by atoms with E-state index in [-0.39, 0.29) is 11.3 Å². The van der Waals surface area contributed by atoms with Crippen LogP contribution in [-0.2, 0) is 0 Å². The van der Waals surface area contributed by atoms with E-state index in [4.69, 9.17) is 16.3 Å². The van der Waals surface area contributed by atoms with Gasteiger partial charge in [-0.25, -0.2) is 9.37 Å². The van der Waals surface area contributed by atoms with Crippen LogP contribution in [0.3, 0.4) is 0 Å². The molecule has 0 saturated heterocycles. The number of aromatic amines is 1. The fourth-order valence-corrected chi connectivity index (χ4v) is 3.11. The number of hydrogen-bond acceptors (Lipinski definition) is 3. The number of ether oxygens (including phenoxy) is 1. The van der Waals surface area contributed by atoms with Crippen molar-refractivity contribution in [1.29, 1.82) is 0 Å². The molecule has 4 rings (SSSR count). The lowest BCUT2D eigenvalue weighted by Crippen LogP contribution is -2.05. The molecule has 0 aliphatic carbocycles. The minimum atomic E-state index is -0.679. The van der Waals surface area contributed by atoms with Crippen molar-refractivity contribution < 1.29 is 13.9 Å². The van der Waals surface area contributed by atoms with Gasteiger partial charge in [0.15, 0.2) is 17.3 Å². The molecule has 0 bridgehead atoms. The molecule has 134 valence electrons. The summed E-state index contributed by atoms with van der Waals surface area (Å²) in [5, 5.41) is 1.26. The van der Waals surface area contributed by atoms with E-state index in [9.17, 15) is 9.18 Å². The number of carbonyl (C=O) groups is 1. The number of rotatable bonds is 4. The predicted octanol–water partition coefficient (Wildman–Crippen LogP) is 5.26. The molecule has 2 aromatic heterocycles. The Labute approximate surface area is 159 Å².